The Balaban J connectivity index is 0.678. The molecule has 0 saturated carbocycles. The first-order valence-electron chi connectivity index (χ1n) is 29.9. The molecule has 3 aromatic heterocycles. The van der Waals surface area contributed by atoms with Crippen LogP contribution in [0.1, 0.15) is 94.4 Å². The Bertz CT molecular complexity index is 3520. The van der Waals surface area contributed by atoms with E-state index in [0.29, 0.717) is 81.7 Å². The van der Waals surface area contributed by atoms with Gasteiger partial charge in [-0.2, -0.15) is 0 Å². The Morgan fingerprint density at radius 1 is 0.844 bits per heavy atom. The number of nitrogens with zero attached hydrogens (tertiary/aromatic N) is 8. The van der Waals surface area contributed by atoms with Gasteiger partial charge in [0.2, 0.25) is 23.6 Å². The molecule has 6 aromatic rings. The molecule has 10 rings (SSSR count). The summed E-state index contributed by atoms with van der Waals surface area (Å²) in [5.74, 6) is -0.826. The summed E-state index contributed by atoms with van der Waals surface area (Å²) >= 11 is 0.722. The first-order valence-corrected chi connectivity index (χ1v) is 35.9. The highest BCUT2D eigenvalue weighted by atomic mass is 32.7. The van der Waals surface area contributed by atoms with Gasteiger partial charge in [0.05, 0.1) is 57.2 Å². The molecule has 4 aliphatic heterocycles. The van der Waals surface area contributed by atoms with Crippen LogP contribution in [0.15, 0.2) is 85.5 Å². The van der Waals surface area contributed by atoms with Crippen LogP contribution in [0.4, 0.5) is 26.0 Å². The number of nitrogens with two attached hydrogens (primary N) is 1. The molecule has 484 valence electrons. The number of para-hydroxylation sites is 1. The Morgan fingerprint density at radius 3 is 2.41 bits per heavy atom. The number of alkyl halides is 2. The van der Waals surface area contributed by atoms with Crippen LogP contribution in [0, 0.1) is 0 Å². The van der Waals surface area contributed by atoms with Crippen LogP contribution in [0.3, 0.4) is 0 Å². The summed E-state index contributed by atoms with van der Waals surface area (Å²) in [5, 5.41) is 17.7. The number of fused-ring (bicyclic) bond motifs is 8. The van der Waals surface area contributed by atoms with Crippen molar-refractivity contribution in [3.63, 3.8) is 0 Å². The zero-order chi connectivity index (χ0) is 63.2. The average Bonchev–Trinajstić information content (AvgIpc) is 1.51. The minimum Gasteiger partial charge on any atom is -0.382 e. The van der Waals surface area contributed by atoms with Crippen molar-refractivity contribution in [2.45, 2.75) is 139 Å². The van der Waals surface area contributed by atoms with Crippen LogP contribution in [0.5, 0.6) is 0 Å². The van der Waals surface area contributed by atoms with Crippen LogP contribution < -0.4 is 26.6 Å². The van der Waals surface area contributed by atoms with Crippen molar-refractivity contribution in [2.75, 3.05) is 62.1 Å². The maximum absolute atomic E-state index is 16.7. The summed E-state index contributed by atoms with van der Waals surface area (Å²) in [4.78, 5) is 76.1. The van der Waals surface area contributed by atoms with E-state index in [1.807, 2.05) is 58.1 Å². The normalized spacial score (nSPS) is 23.6. The number of hydrogen-bond acceptors (Lipinski definition) is 21. The van der Waals surface area contributed by atoms with Gasteiger partial charge < -0.3 is 54.5 Å². The number of benzene rings is 3. The van der Waals surface area contributed by atoms with E-state index in [-0.39, 0.29) is 59.8 Å². The molecule has 0 radical (unpaired) electrons. The van der Waals surface area contributed by atoms with Gasteiger partial charge in [-0.05, 0) is 79.2 Å². The topological polar surface area (TPSA) is 327 Å². The number of anilines is 3. The van der Waals surface area contributed by atoms with Crippen LogP contribution in [0.25, 0.3) is 33.7 Å². The Kier molecular flexibility index (Phi) is 23.6. The van der Waals surface area contributed by atoms with Crippen molar-refractivity contribution >= 4 is 86.8 Å². The predicted molar refractivity (Wildman–Crippen MR) is 332 cm³/mol. The second-order valence-electron chi connectivity index (χ2n) is 22.0. The number of ether oxygens (including phenoxy) is 2. The summed E-state index contributed by atoms with van der Waals surface area (Å²) in [6.45, 7) is -2.58. The molecule has 90 heavy (non-hydrogen) atoms. The van der Waals surface area contributed by atoms with E-state index >= 15 is 4.39 Å². The van der Waals surface area contributed by atoms with Crippen LogP contribution in [0.2, 0.25) is 0 Å². The maximum Gasteiger partial charge on any atom is 0.389 e. The summed E-state index contributed by atoms with van der Waals surface area (Å²) in [6.07, 6.45) is -0.833. The highest BCUT2D eigenvalue weighted by Gasteiger charge is 2.52. The van der Waals surface area contributed by atoms with Gasteiger partial charge in [0.15, 0.2) is 38.4 Å². The second kappa shape index (κ2) is 31.9. The first kappa shape index (κ1) is 66.7. The van der Waals surface area contributed by atoms with Crippen molar-refractivity contribution in [3.05, 3.63) is 96.6 Å². The first-order chi connectivity index (χ1) is 43.6. The number of carbonyl (C=O) groups excluding carboxylic acids is 4. The highest BCUT2D eigenvalue weighted by Crippen LogP contribution is 2.64. The van der Waals surface area contributed by atoms with Crippen LogP contribution in [-0.2, 0) is 79.2 Å². The van der Waals surface area contributed by atoms with Gasteiger partial charge in [0.1, 0.15) is 42.0 Å². The molecule has 0 bridgehead atoms. The number of hydrogen-bond donors (Lipinski definition) is 5. The third-order valence-electron chi connectivity index (χ3n) is 15.5. The van der Waals surface area contributed by atoms with Crippen molar-refractivity contribution in [3.8, 4) is 22.5 Å². The van der Waals surface area contributed by atoms with E-state index in [0.717, 1.165) is 65.1 Å². The number of aryl methyl sites for hydroxylation is 1. The molecular formula is C58H73F2N12O14P3S. The molecular weight excluding hydrogens is 1250 g/mol. The maximum atomic E-state index is 16.7. The number of nitrogens with one attached hydrogen (secondary N) is 3. The number of rotatable bonds is 26. The minimum absolute atomic E-state index is 0.00611. The van der Waals surface area contributed by atoms with Crippen molar-refractivity contribution < 1.29 is 74.1 Å². The summed E-state index contributed by atoms with van der Waals surface area (Å²) in [5.41, 5.74) is 12.1. The monoisotopic (exact) mass is 1320 g/mol. The third-order valence-corrected chi connectivity index (χ3v) is 20.6. The van der Waals surface area contributed by atoms with Crippen LogP contribution >= 0.6 is 34.8 Å². The van der Waals surface area contributed by atoms with Gasteiger partial charge in [0, 0.05) is 61.6 Å². The molecule has 7 heterocycles. The molecule has 32 heteroatoms. The fourth-order valence-electron chi connectivity index (χ4n) is 10.9. The lowest BCUT2D eigenvalue weighted by molar-refractivity contribution is -0.124. The van der Waals surface area contributed by atoms with E-state index < -0.39 is 92.1 Å². The van der Waals surface area contributed by atoms with Gasteiger partial charge in [0.25, 0.3) is 0 Å². The Hall–Kier alpha value is -6.19. The third kappa shape index (κ3) is 17.3. The molecule has 3 unspecified atom stereocenters. The fourth-order valence-corrected chi connectivity index (χ4v) is 15.6. The van der Waals surface area contributed by atoms with E-state index in [9.17, 15) is 37.6 Å². The number of halogens is 2. The molecule has 26 nitrogen and oxygen atoms in total. The van der Waals surface area contributed by atoms with E-state index in [1.54, 1.807) is 30.9 Å². The molecule has 6 N–H and O–H groups in total. The number of unbranched alkanes of at least 4 members (excludes halogenated alkanes) is 6. The molecule has 3 fully saturated rings. The minimum atomic E-state index is -4.40. The number of amides is 4. The zero-order valence-electron chi connectivity index (χ0n) is 49.4. The number of aromatic nitrogens is 7. The molecule has 4 aliphatic rings. The quantitative estimate of drug-likeness (QED) is 0.0250. The van der Waals surface area contributed by atoms with Gasteiger partial charge >= 0.3 is 15.1 Å². The lowest BCUT2D eigenvalue weighted by atomic mass is 9.95. The highest BCUT2D eigenvalue weighted by molar-refractivity contribution is 8.54. The smallest absolute Gasteiger partial charge is 0.382 e. The Labute approximate surface area is 523 Å². The van der Waals surface area contributed by atoms with Crippen LogP contribution in [-0.4, -0.2) is 146 Å². The average molecular weight is 1330 g/mol. The van der Waals surface area contributed by atoms with Crippen molar-refractivity contribution in [1.82, 2.24) is 45.1 Å². The summed E-state index contributed by atoms with van der Waals surface area (Å²) in [6, 6.07) is 22.1. The number of carbonyl (C=O) groups is 4. The molecule has 3 saturated heterocycles. The van der Waals surface area contributed by atoms with Gasteiger partial charge in [-0.1, -0.05) is 79.1 Å². The lowest BCUT2D eigenvalue weighted by Gasteiger charge is -2.29. The van der Waals surface area contributed by atoms with E-state index in [4.69, 9.17) is 37.8 Å². The van der Waals surface area contributed by atoms with Crippen molar-refractivity contribution in [1.29, 1.82) is 0 Å². The molecule has 10 atom stereocenters. The van der Waals surface area contributed by atoms with E-state index in [2.05, 4.69) is 41.2 Å². The summed E-state index contributed by atoms with van der Waals surface area (Å²) in [7, 11) is -4.71. The molecule has 0 aliphatic carbocycles. The van der Waals surface area contributed by atoms with E-state index in [1.165, 1.54) is 17.2 Å². The summed E-state index contributed by atoms with van der Waals surface area (Å²) < 4.78 is 102. The van der Waals surface area contributed by atoms with Gasteiger partial charge in [-0.25, -0.2) is 33.0 Å². The molecule has 3 aromatic carbocycles. The van der Waals surface area contributed by atoms with Gasteiger partial charge in [-0.15, -0.1) is 5.10 Å². The number of nitrogen functional groups attached to an aromatic ring is 1. The van der Waals surface area contributed by atoms with Gasteiger partial charge in [-0.3, -0.25) is 37.4 Å². The zero-order valence-corrected chi connectivity index (χ0v) is 53.0. The fraction of sp³-hybridized carbons (Fsp3) is 0.500. The molecule has 0 spiro atoms. The second-order valence-corrected chi connectivity index (χ2v) is 28.2. The largest absolute Gasteiger partial charge is 0.389 e. The molecule has 4 amide bonds. The lowest BCUT2D eigenvalue weighted by Crippen LogP contribution is -2.36. The SMILES string of the molecule is CP(O)OCCCCCCNC(=O)CCCCC(=O)N1Cc2ccccc2-c2nnn(CCCCCC(=O)NCC(=O)Nc3ccc(CSP4(=O)OC[C@H]5OC[C@H](F)[C@@H]5O[PH](=O)OC[C@H]5O[C@@H](n6cnc7c(N)ncnc76)[C@H](F)[C@@H]5O4)cc3)c2-c2ccccc21. The number of imidazole rings is 1. The van der Waals surface area contributed by atoms with Crippen molar-refractivity contribution in [2.24, 2.45) is 0 Å². The Morgan fingerprint density at radius 2 is 1.59 bits per heavy atom. The standard InChI is InChI=1S/C58H73F2N12O14P3S/c1-87(77)81-28-14-3-2-12-26-62-46(73)20-10-11-21-49(76)70-30-38-15-6-7-16-40(38)51-53(41-17-8-9-18-43(41)70)72(69-68-51)27-13-4-5-19-47(74)63-29-48(75)67-39-24-22-37(23-25-39)34-90-89(79)83-33-44-54(42(59)31-80-44)85-88(78)82-32-45-55(86-89)50(60)58(84-45)71-36-66-52-56(61)64-35-65-57(52)71/h6-9,15-18,22-25,35-36,42,44-45,50,54-55,58,77,88H,2-5,10-14,19-21,26-34H2,1H3,(H,62,73)(H,63,74)(H,67,75)(H2,61,64,65)/t42-,44+,45+,50+,54-,55+,58+,87?,89?/m0/s1. The predicted octanol–water partition coefficient (Wildman–Crippen LogP) is 8.90.